The summed E-state index contributed by atoms with van der Waals surface area (Å²) in [6, 6.07) is 13.1. The molecule has 0 fully saturated rings. The number of benzene rings is 4. The van der Waals surface area contributed by atoms with Gasteiger partial charge in [0.15, 0.2) is 11.5 Å². The molecule has 13 nitrogen and oxygen atoms in total. The van der Waals surface area contributed by atoms with Crippen molar-refractivity contribution in [3.8, 4) is 23.0 Å². The summed E-state index contributed by atoms with van der Waals surface area (Å²) >= 11 is 6.81. The molecule has 2 heterocycles. The highest BCUT2D eigenvalue weighted by atomic mass is 79.9. The first-order valence-corrected chi connectivity index (χ1v) is 19.7. The minimum atomic E-state index is -5.30. The van der Waals surface area contributed by atoms with Gasteiger partial charge in [-0.05, 0) is 91.9 Å². The van der Waals surface area contributed by atoms with Gasteiger partial charge in [0.25, 0.3) is 0 Å². The number of amides is 1. The summed E-state index contributed by atoms with van der Waals surface area (Å²) in [6.45, 7) is 3.90. The molecule has 330 valence electrons. The third-order valence-electron chi connectivity index (χ3n) is 8.44. The number of anilines is 2. The van der Waals surface area contributed by atoms with E-state index in [1.54, 1.807) is 23.5 Å². The van der Waals surface area contributed by atoms with Gasteiger partial charge >= 0.3 is 24.3 Å². The molecule has 0 spiro atoms. The van der Waals surface area contributed by atoms with Crippen LogP contribution in [0.15, 0.2) is 69.6 Å². The predicted octanol–water partition coefficient (Wildman–Crippen LogP) is 10.9. The summed E-state index contributed by atoms with van der Waals surface area (Å²) in [6.07, 6.45) is -13.3. The van der Waals surface area contributed by atoms with E-state index in [9.17, 15) is 45.1 Å². The average molecular weight is 1000 g/mol. The second-order valence-electron chi connectivity index (χ2n) is 14.2. The van der Waals surface area contributed by atoms with Crippen molar-refractivity contribution in [1.82, 2.24) is 19.9 Å². The van der Waals surface area contributed by atoms with E-state index < -0.39 is 65.4 Å². The number of hydrogen-bond acceptors (Lipinski definition) is 8. The summed E-state index contributed by atoms with van der Waals surface area (Å²) in [5.41, 5.74) is -1.48. The van der Waals surface area contributed by atoms with Crippen molar-refractivity contribution < 1.29 is 64.8 Å². The number of H-pyrrole nitrogens is 2. The fraction of sp³-hybridized carbons (Fsp3) is 0.275. The predicted molar refractivity (Wildman–Crippen MR) is 221 cm³/mol. The maximum Gasteiger partial charge on any atom is 0.420 e. The van der Waals surface area contributed by atoms with Crippen LogP contribution in [0.3, 0.4) is 0 Å². The first kappa shape index (κ1) is 47.2. The number of aromatic nitrogens is 4. The van der Waals surface area contributed by atoms with E-state index >= 15 is 0 Å². The van der Waals surface area contributed by atoms with E-state index in [1.165, 1.54) is 18.2 Å². The summed E-state index contributed by atoms with van der Waals surface area (Å²) in [7, 11) is 3.80. The van der Waals surface area contributed by atoms with Gasteiger partial charge in [-0.1, -0.05) is 13.8 Å². The molecule has 62 heavy (non-hydrogen) atoms. The van der Waals surface area contributed by atoms with Crippen LogP contribution in [0, 0.1) is 5.92 Å². The lowest BCUT2D eigenvalue weighted by Gasteiger charge is -2.20. The van der Waals surface area contributed by atoms with Crippen molar-refractivity contribution >= 4 is 83.4 Å². The number of carboxylic acids is 2. The lowest BCUT2D eigenvalue weighted by molar-refractivity contribution is -0.145. The molecule has 0 aliphatic rings. The second-order valence-corrected chi connectivity index (χ2v) is 15.9. The SMILES string of the molecule is CC(C)Cc1nc2ccc(Oc3c(C(F)(F)F)cc(NC(=O)CC(=O)O)cc3C(F)(F)F)cc2[nH]1.CN(C)c1nc2ccc(Oc3c(Br)cc(CC(F)C(=O)O)cc3Br)cc2[nH]1. The minimum absolute atomic E-state index is 0.222. The lowest BCUT2D eigenvalue weighted by atomic mass is 10.1. The molecule has 0 saturated heterocycles. The van der Waals surface area contributed by atoms with E-state index in [0.29, 0.717) is 49.3 Å². The van der Waals surface area contributed by atoms with Crippen molar-refractivity contribution in [2.75, 3.05) is 24.3 Å². The highest BCUT2D eigenvalue weighted by molar-refractivity contribution is 9.11. The smallest absolute Gasteiger partial charge is 0.420 e. The highest BCUT2D eigenvalue weighted by Gasteiger charge is 2.43. The molecule has 2 aromatic heterocycles. The Morgan fingerprint density at radius 2 is 1.29 bits per heavy atom. The third kappa shape index (κ3) is 12.1. The number of rotatable bonds is 13. The number of alkyl halides is 7. The zero-order chi connectivity index (χ0) is 45.8. The second kappa shape index (κ2) is 19.0. The molecule has 1 amide bonds. The van der Waals surface area contributed by atoms with E-state index in [-0.39, 0.29) is 30.2 Å². The molecule has 0 radical (unpaired) electrons. The molecular weight excluding hydrogens is 969 g/mol. The van der Waals surface area contributed by atoms with Gasteiger partial charge in [-0.2, -0.15) is 26.3 Å². The Balaban J connectivity index is 0.000000242. The molecule has 0 aliphatic heterocycles. The highest BCUT2D eigenvalue weighted by Crippen LogP contribution is 2.48. The van der Waals surface area contributed by atoms with Gasteiger partial charge in [-0.25, -0.2) is 19.2 Å². The molecule has 0 aliphatic carbocycles. The Kier molecular flexibility index (Phi) is 14.5. The van der Waals surface area contributed by atoms with Gasteiger partial charge in [-0.3, -0.25) is 9.59 Å². The van der Waals surface area contributed by atoms with Crippen LogP contribution in [0.2, 0.25) is 0 Å². The maximum atomic E-state index is 13.8. The number of imidazole rings is 2. The fourth-order valence-electron chi connectivity index (χ4n) is 5.77. The number of aromatic amines is 2. The van der Waals surface area contributed by atoms with E-state index in [1.807, 2.05) is 45.0 Å². The summed E-state index contributed by atoms with van der Waals surface area (Å²) in [5.74, 6) is -3.51. The lowest BCUT2D eigenvalue weighted by Crippen LogP contribution is -2.19. The van der Waals surface area contributed by atoms with Gasteiger partial charge < -0.3 is 39.9 Å². The number of nitrogens with zero attached hydrogens (tertiary/aromatic N) is 3. The van der Waals surface area contributed by atoms with Crippen molar-refractivity contribution in [1.29, 1.82) is 0 Å². The number of carbonyl (C=O) groups excluding carboxylic acids is 1. The van der Waals surface area contributed by atoms with Crippen LogP contribution >= 0.6 is 31.9 Å². The molecule has 1 unspecified atom stereocenters. The zero-order valence-electron chi connectivity index (χ0n) is 32.7. The van der Waals surface area contributed by atoms with Crippen molar-refractivity contribution in [2.45, 2.75) is 51.6 Å². The standard InChI is InChI=1S/C22H19F6N3O4.C18H16Br2FN3O3/c1-10(2)5-17-30-15-4-3-12(8-16(15)31-17)35-20-13(21(23,24)25)6-11(7-14(20)22(26,27)28)29-18(32)9-19(33)34;1-24(2)18-22-14-4-3-10(8-15(14)23-18)27-16-11(19)5-9(6-12(16)20)7-13(21)17(25)26/h3-4,6-8,10H,5,9H2,1-2H3,(H,29,32)(H,30,31)(H,33,34);3-6,8,13H,7H2,1-2H3,(H,22,23)(H,25,26). The Hall–Kier alpha value is -5.90. The Bertz CT molecular complexity index is 2570. The first-order valence-electron chi connectivity index (χ1n) is 18.1. The van der Waals surface area contributed by atoms with Crippen molar-refractivity contribution in [2.24, 2.45) is 5.92 Å². The number of halogens is 9. The van der Waals surface area contributed by atoms with Crippen LogP contribution in [0.1, 0.15) is 42.8 Å². The number of nitrogens with one attached hydrogen (secondary N) is 3. The summed E-state index contributed by atoms with van der Waals surface area (Å²) in [5, 5.41) is 19.1. The number of carbonyl (C=O) groups is 3. The van der Waals surface area contributed by atoms with Gasteiger partial charge in [0, 0.05) is 44.8 Å². The average Bonchev–Trinajstić information content (AvgIpc) is 3.75. The Morgan fingerprint density at radius 1 is 0.774 bits per heavy atom. The van der Waals surface area contributed by atoms with Crippen LogP contribution in [0.25, 0.3) is 22.1 Å². The van der Waals surface area contributed by atoms with Crippen LogP contribution in [0.5, 0.6) is 23.0 Å². The maximum absolute atomic E-state index is 13.8. The number of aliphatic carboxylic acids is 2. The third-order valence-corrected chi connectivity index (χ3v) is 9.62. The minimum Gasteiger partial charge on any atom is -0.481 e. The van der Waals surface area contributed by atoms with Gasteiger partial charge in [0.2, 0.25) is 18.0 Å². The molecule has 6 rings (SSSR count). The molecule has 5 N–H and O–H groups in total. The molecular formula is C40H35Br2F7N6O7. The molecule has 22 heteroatoms. The molecule has 0 bridgehead atoms. The normalized spacial score (nSPS) is 12.2. The Labute approximate surface area is 363 Å². The molecule has 6 aromatic rings. The number of carboxylic acid groups (broad SMARTS) is 2. The van der Waals surface area contributed by atoms with Gasteiger partial charge in [-0.15, -0.1) is 0 Å². The van der Waals surface area contributed by atoms with Crippen LogP contribution in [0.4, 0.5) is 42.4 Å². The summed E-state index contributed by atoms with van der Waals surface area (Å²) < 4.78 is 108. The molecule has 4 aromatic carbocycles. The zero-order valence-corrected chi connectivity index (χ0v) is 35.9. The van der Waals surface area contributed by atoms with Gasteiger partial charge in [0.1, 0.15) is 34.9 Å². The quantitative estimate of drug-likeness (QED) is 0.0551. The van der Waals surface area contributed by atoms with E-state index in [0.717, 1.165) is 17.0 Å². The number of fused-ring (bicyclic) bond motifs is 2. The number of ether oxygens (including phenoxy) is 2. The largest absolute Gasteiger partial charge is 0.481 e. The van der Waals surface area contributed by atoms with Gasteiger partial charge in [0.05, 0.1) is 31.0 Å². The van der Waals surface area contributed by atoms with Crippen LogP contribution in [-0.4, -0.2) is 68.3 Å². The van der Waals surface area contributed by atoms with E-state index in [2.05, 4.69) is 51.8 Å². The van der Waals surface area contributed by atoms with Crippen LogP contribution in [-0.2, 0) is 39.6 Å². The van der Waals surface area contributed by atoms with Crippen molar-refractivity contribution in [3.63, 3.8) is 0 Å². The van der Waals surface area contributed by atoms with Crippen LogP contribution < -0.4 is 19.7 Å². The first-order chi connectivity index (χ1) is 28.9. The van der Waals surface area contributed by atoms with E-state index in [4.69, 9.17) is 19.7 Å². The molecule has 1 atom stereocenters. The molecule has 0 saturated carbocycles. The Morgan fingerprint density at radius 3 is 1.77 bits per heavy atom. The monoisotopic (exact) mass is 1000 g/mol. The number of hydrogen-bond donors (Lipinski definition) is 5. The topological polar surface area (TPSA) is 183 Å². The fourth-order valence-corrected chi connectivity index (χ4v) is 7.21. The summed E-state index contributed by atoms with van der Waals surface area (Å²) in [4.78, 5) is 49.7. The van der Waals surface area contributed by atoms with Crippen molar-refractivity contribution in [3.05, 3.63) is 92.1 Å².